The number of carbonyl (C=O) groups excluding carboxylic acids is 4. The number of urea groups is 1. The fourth-order valence-corrected chi connectivity index (χ4v) is 4.84. The Bertz CT molecular complexity index is 1060. The molecular weight excluding hydrogens is 524 g/mol. The van der Waals surface area contributed by atoms with Crippen molar-refractivity contribution in [1.29, 1.82) is 0 Å². The molecule has 10 nitrogen and oxygen atoms in total. The number of likely N-dealkylation sites (N-methyl/N-ethyl adjacent to an activating group) is 1. The first-order valence-electron chi connectivity index (χ1n) is 14.4. The van der Waals surface area contributed by atoms with Gasteiger partial charge in [0.2, 0.25) is 11.8 Å². The van der Waals surface area contributed by atoms with Gasteiger partial charge >= 0.3 is 12.0 Å². The Hall–Kier alpha value is -3.30. The van der Waals surface area contributed by atoms with Crippen LogP contribution in [0.1, 0.15) is 74.3 Å². The van der Waals surface area contributed by atoms with Crippen molar-refractivity contribution in [2.24, 2.45) is 22.7 Å². The number of nitrogens with zero attached hydrogens (tertiary/aromatic N) is 1. The van der Waals surface area contributed by atoms with Gasteiger partial charge in [0.05, 0.1) is 7.11 Å². The van der Waals surface area contributed by atoms with E-state index in [1.165, 1.54) is 0 Å². The Morgan fingerprint density at radius 1 is 0.951 bits per heavy atom. The number of hydrogen-bond donors (Lipinski definition) is 3. The van der Waals surface area contributed by atoms with E-state index in [1.807, 2.05) is 48.5 Å². The predicted octanol–water partition coefficient (Wildman–Crippen LogP) is 3.88. The predicted molar refractivity (Wildman–Crippen MR) is 158 cm³/mol. The molecule has 3 N–H and O–H groups in total. The SMILES string of the molecule is CCNC(=O)[C@@H]1C[C@@H](C(C)C)CN1C(=O)[C@@H](NC(=O)N[C@H](C(=O)OCc1ccc(OC)cc1)C(C)(C)C)C(C)(C)C. The molecule has 1 fully saturated rings. The maximum atomic E-state index is 13.9. The van der Waals surface area contributed by atoms with Gasteiger partial charge in [0.15, 0.2) is 0 Å². The van der Waals surface area contributed by atoms with Crippen LogP contribution in [0.25, 0.3) is 0 Å². The number of rotatable bonds is 10. The number of ether oxygens (including phenoxy) is 2. The summed E-state index contributed by atoms with van der Waals surface area (Å²) in [7, 11) is 1.58. The highest BCUT2D eigenvalue weighted by Gasteiger charge is 2.45. The van der Waals surface area contributed by atoms with Gasteiger partial charge < -0.3 is 30.3 Å². The number of esters is 1. The molecule has 41 heavy (non-hydrogen) atoms. The third-order valence-electron chi connectivity index (χ3n) is 7.52. The third-order valence-corrected chi connectivity index (χ3v) is 7.52. The molecule has 0 radical (unpaired) electrons. The third kappa shape index (κ3) is 9.36. The molecule has 1 heterocycles. The Morgan fingerprint density at radius 3 is 2.00 bits per heavy atom. The molecule has 230 valence electrons. The number of benzene rings is 1. The van der Waals surface area contributed by atoms with Crippen LogP contribution in [0.2, 0.25) is 0 Å². The highest BCUT2D eigenvalue weighted by atomic mass is 16.5. The number of carbonyl (C=O) groups is 4. The lowest BCUT2D eigenvalue weighted by atomic mass is 9.85. The van der Waals surface area contributed by atoms with E-state index in [2.05, 4.69) is 29.8 Å². The second kappa shape index (κ2) is 14.0. The van der Waals surface area contributed by atoms with Crippen molar-refractivity contribution in [2.75, 3.05) is 20.2 Å². The van der Waals surface area contributed by atoms with Crippen LogP contribution in [0.3, 0.4) is 0 Å². The van der Waals surface area contributed by atoms with Gasteiger partial charge in [-0.1, -0.05) is 67.5 Å². The zero-order valence-corrected chi connectivity index (χ0v) is 26.4. The Morgan fingerprint density at radius 2 is 1.51 bits per heavy atom. The lowest BCUT2D eigenvalue weighted by Crippen LogP contribution is -2.61. The van der Waals surface area contributed by atoms with Crippen LogP contribution in [0.4, 0.5) is 4.79 Å². The lowest BCUT2D eigenvalue weighted by molar-refractivity contribution is -0.150. The molecule has 0 spiro atoms. The molecule has 0 aliphatic carbocycles. The van der Waals surface area contributed by atoms with Crippen molar-refractivity contribution in [3.05, 3.63) is 29.8 Å². The van der Waals surface area contributed by atoms with Crippen LogP contribution in [0.5, 0.6) is 5.75 Å². The van der Waals surface area contributed by atoms with E-state index in [0.29, 0.717) is 31.2 Å². The summed E-state index contributed by atoms with van der Waals surface area (Å²) in [5.41, 5.74) is -0.553. The summed E-state index contributed by atoms with van der Waals surface area (Å²) in [5.74, 6) is 0.0740. The summed E-state index contributed by atoms with van der Waals surface area (Å²) in [5, 5.41) is 8.41. The zero-order chi connectivity index (χ0) is 31.1. The fraction of sp³-hybridized carbons (Fsp3) is 0.677. The number of likely N-dealkylation sites (tertiary alicyclic amines) is 1. The van der Waals surface area contributed by atoms with Crippen LogP contribution >= 0.6 is 0 Å². The summed E-state index contributed by atoms with van der Waals surface area (Å²) in [6.45, 7) is 18.0. The molecule has 4 atom stereocenters. The minimum absolute atomic E-state index is 0.0367. The second-order valence-electron chi connectivity index (χ2n) is 13.3. The smallest absolute Gasteiger partial charge is 0.329 e. The van der Waals surface area contributed by atoms with Gasteiger partial charge in [-0.3, -0.25) is 9.59 Å². The van der Waals surface area contributed by atoms with Crippen LogP contribution in [-0.2, 0) is 25.7 Å². The normalized spacial score (nSPS) is 18.9. The molecule has 10 heteroatoms. The Labute approximate surface area is 245 Å². The molecule has 1 aliphatic heterocycles. The molecule has 1 aromatic carbocycles. The van der Waals surface area contributed by atoms with Gasteiger partial charge in [-0.05, 0) is 53.7 Å². The van der Waals surface area contributed by atoms with Gasteiger partial charge in [0, 0.05) is 13.1 Å². The van der Waals surface area contributed by atoms with Crippen molar-refractivity contribution < 1.29 is 28.7 Å². The molecule has 0 aromatic heterocycles. The maximum Gasteiger partial charge on any atom is 0.329 e. The van der Waals surface area contributed by atoms with Crippen molar-refractivity contribution in [2.45, 2.75) is 93.5 Å². The van der Waals surface area contributed by atoms with Crippen molar-refractivity contribution in [1.82, 2.24) is 20.9 Å². The number of amides is 4. The quantitative estimate of drug-likeness (QED) is 0.364. The summed E-state index contributed by atoms with van der Waals surface area (Å²) < 4.78 is 10.7. The van der Waals surface area contributed by atoms with Crippen molar-refractivity contribution in [3.8, 4) is 5.75 Å². The molecule has 1 aromatic rings. The van der Waals surface area contributed by atoms with Crippen LogP contribution in [0, 0.1) is 22.7 Å². The summed E-state index contributed by atoms with van der Waals surface area (Å²) in [4.78, 5) is 54.9. The van der Waals surface area contributed by atoms with E-state index in [0.717, 1.165) is 5.56 Å². The highest BCUT2D eigenvalue weighted by molar-refractivity contribution is 5.93. The topological polar surface area (TPSA) is 126 Å². The van der Waals surface area contributed by atoms with Gasteiger partial charge in [0.25, 0.3) is 0 Å². The molecule has 2 rings (SSSR count). The van der Waals surface area contributed by atoms with Crippen LogP contribution < -0.4 is 20.7 Å². The highest BCUT2D eigenvalue weighted by Crippen LogP contribution is 2.32. The van der Waals surface area contributed by atoms with Gasteiger partial charge in [-0.15, -0.1) is 0 Å². The molecule has 0 bridgehead atoms. The van der Waals surface area contributed by atoms with Crippen molar-refractivity contribution >= 4 is 23.8 Å². The average molecular weight is 575 g/mol. The van der Waals surface area contributed by atoms with E-state index in [4.69, 9.17) is 9.47 Å². The van der Waals surface area contributed by atoms with Gasteiger partial charge in [-0.25, -0.2) is 9.59 Å². The number of nitrogens with one attached hydrogen (secondary N) is 3. The Balaban J connectivity index is 2.19. The van der Waals surface area contributed by atoms with Crippen molar-refractivity contribution in [3.63, 3.8) is 0 Å². The first-order valence-corrected chi connectivity index (χ1v) is 14.4. The monoisotopic (exact) mass is 574 g/mol. The minimum Gasteiger partial charge on any atom is -0.497 e. The molecule has 1 aliphatic rings. The maximum absolute atomic E-state index is 13.9. The largest absolute Gasteiger partial charge is 0.497 e. The first-order chi connectivity index (χ1) is 19.0. The minimum atomic E-state index is -0.975. The van der Waals surface area contributed by atoms with Crippen LogP contribution in [-0.4, -0.2) is 67.0 Å². The van der Waals surface area contributed by atoms with E-state index in [1.54, 1.807) is 36.3 Å². The van der Waals surface area contributed by atoms with E-state index < -0.39 is 41.0 Å². The Kier molecular flexibility index (Phi) is 11.6. The van der Waals surface area contributed by atoms with Crippen LogP contribution in [0.15, 0.2) is 24.3 Å². The van der Waals surface area contributed by atoms with E-state index in [-0.39, 0.29) is 24.3 Å². The second-order valence-corrected chi connectivity index (χ2v) is 13.3. The molecule has 1 saturated heterocycles. The summed E-state index contributed by atoms with van der Waals surface area (Å²) >= 11 is 0. The summed E-state index contributed by atoms with van der Waals surface area (Å²) in [6.07, 6.45) is 0.574. The zero-order valence-electron chi connectivity index (χ0n) is 26.4. The average Bonchev–Trinajstić information content (AvgIpc) is 3.34. The lowest BCUT2D eigenvalue weighted by Gasteiger charge is -2.36. The standard InChI is InChI=1S/C31H50N4O6/c1-11-32-26(36)23-16-21(19(2)3)17-35(23)27(37)24(30(4,5)6)33-29(39)34-25(31(7,8)9)28(38)41-18-20-12-14-22(40-10)15-13-20/h12-15,19,21,23-25H,11,16-18H2,1-10H3,(H,32,36)(H2,33,34,39)/t21-,23+,24-,25-/m1/s1. The molecule has 0 saturated carbocycles. The summed E-state index contributed by atoms with van der Waals surface area (Å²) in [6, 6.07) is 3.99. The van der Waals surface area contributed by atoms with E-state index >= 15 is 0 Å². The molecule has 0 unspecified atom stereocenters. The van der Waals surface area contributed by atoms with Gasteiger partial charge in [-0.2, -0.15) is 0 Å². The fourth-order valence-electron chi connectivity index (χ4n) is 4.84. The molecular formula is C31H50N4O6. The first kappa shape index (κ1) is 33.9. The van der Waals surface area contributed by atoms with Gasteiger partial charge in [0.1, 0.15) is 30.5 Å². The van der Waals surface area contributed by atoms with E-state index in [9.17, 15) is 19.2 Å². The number of methoxy groups -OCH3 is 1. The number of hydrogen-bond acceptors (Lipinski definition) is 6. The molecule has 4 amide bonds.